The third kappa shape index (κ3) is 2.68. The van der Waals surface area contributed by atoms with Crippen LogP contribution in [0.4, 0.5) is 0 Å². The van der Waals surface area contributed by atoms with Gasteiger partial charge in [0.25, 0.3) is 0 Å². The van der Waals surface area contributed by atoms with Crippen molar-refractivity contribution < 1.29 is 9.15 Å². The summed E-state index contributed by atoms with van der Waals surface area (Å²) < 4.78 is 11.1. The van der Waals surface area contributed by atoms with Gasteiger partial charge in [-0.3, -0.25) is 0 Å². The maximum absolute atomic E-state index is 6.15. The molecule has 1 unspecified atom stereocenters. The van der Waals surface area contributed by atoms with Gasteiger partial charge < -0.3 is 14.9 Å². The van der Waals surface area contributed by atoms with E-state index in [4.69, 9.17) is 14.9 Å². The van der Waals surface area contributed by atoms with Crippen LogP contribution in [0.25, 0.3) is 11.0 Å². The summed E-state index contributed by atoms with van der Waals surface area (Å²) in [4.78, 5) is 0. The van der Waals surface area contributed by atoms with Gasteiger partial charge in [0.2, 0.25) is 0 Å². The SMILES string of the molecule is COC(C)(C)CC(N)c1cc2ccccc2o1. The number of methoxy groups -OCH3 is 1. The van der Waals surface area contributed by atoms with E-state index in [-0.39, 0.29) is 11.6 Å². The van der Waals surface area contributed by atoms with Crippen LogP contribution in [0.5, 0.6) is 0 Å². The van der Waals surface area contributed by atoms with Gasteiger partial charge in [0.05, 0.1) is 11.6 Å². The lowest BCUT2D eigenvalue weighted by atomic mass is 9.98. The highest BCUT2D eigenvalue weighted by Crippen LogP contribution is 2.28. The molecule has 0 amide bonds. The van der Waals surface area contributed by atoms with Crippen LogP contribution in [0.3, 0.4) is 0 Å². The Labute approximate surface area is 102 Å². The molecule has 0 radical (unpaired) electrons. The second kappa shape index (κ2) is 4.51. The molecule has 0 spiro atoms. The molecule has 1 heterocycles. The monoisotopic (exact) mass is 233 g/mol. The highest BCUT2D eigenvalue weighted by atomic mass is 16.5. The summed E-state index contributed by atoms with van der Waals surface area (Å²) in [6.45, 7) is 4.05. The summed E-state index contributed by atoms with van der Waals surface area (Å²) in [6, 6.07) is 9.79. The third-order valence-electron chi connectivity index (χ3n) is 3.07. The number of nitrogens with two attached hydrogens (primary N) is 1. The first-order valence-electron chi connectivity index (χ1n) is 5.81. The van der Waals surface area contributed by atoms with Crippen LogP contribution in [0.15, 0.2) is 34.7 Å². The lowest BCUT2D eigenvalue weighted by Crippen LogP contribution is -2.28. The number of hydrogen-bond acceptors (Lipinski definition) is 3. The Bertz CT molecular complexity index is 469. The van der Waals surface area contributed by atoms with Gasteiger partial charge in [-0.15, -0.1) is 0 Å². The van der Waals surface area contributed by atoms with Gasteiger partial charge in [-0.05, 0) is 32.4 Å². The average Bonchev–Trinajstić information content (AvgIpc) is 2.72. The minimum Gasteiger partial charge on any atom is -0.459 e. The Kier molecular flexibility index (Phi) is 3.22. The molecule has 0 saturated heterocycles. The van der Waals surface area contributed by atoms with Crippen molar-refractivity contribution in [2.45, 2.75) is 31.9 Å². The number of rotatable bonds is 4. The first-order chi connectivity index (χ1) is 8.02. The van der Waals surface area contributed by atoms with Crippen LogP contribution < -0.4 is 5.73 Å². The van der Waals surface area contributed by atoms with Crippen molar-refractivity contribution in [1.29, 1.82) is 0 Å². The van der Waals surface area contributed by atoms with Crippen LogP contribution in [-0.2, 0) is 4.74 Å². The average molecular weight is 233 g/mol. The second-order valence-electron chi connectivity index (χ2n) is 4.96. The molecule has 1 aromatic carbocycles. The summed E-state index contributed by atoms with van der Waals surface area (Å²) in [6.07, 6.45) is 0.726. The number of para-hydroxylation sites is 1. The van der Waals surface area contributed by atoms with E-state index >= 15 is 0 Å². The first kappa shape index (κ1) is 12.1. The number of fused-ring (bicyclic) bond motifs is 1. The van der Waals surface area contributed by atoms with Crippen LogP contribution in [0.1, 0.15) is 32.1 Å². The molecule has 2 rings (SSSR count). The molecule has 2 N–H and O–H groups in total. The van der Waals surface area contributed by atoms with Gasteiger partial charge >= 0.3 is 0 Å². The van der Waals surface area contributed by atoms with Crippen LogP contribution in [0.2, 0.25) is 0 Å². The Hall–Kier alpha value is -1.32. The molecule has 1 atom stereocenters. The number of ether oxygens (including phenoxy) is 1. The molecule has 1 aromatic heterocycles. The van der Waals surface area contributed by atoms with Gasteiger partial charge in [-0.2, -0.15) is 0 Å². The molecule has 0 bridgehead atoms. The van der Waals surface area contributed by atoms with Gasteiger partial charge in [-0.25, -0.2) is 0 Å². The van der Waals surface area contributed by atoms with Crippen LogP contribution >= 0.6 is 0 Å². The Morgan fingerprint density at radius 1 is 1.35 bits per heavy atom. The molecule has 0 saturated carbocycles. The quantitative estimate of drug-likeness (QED) is 0.881. The topological polar surface area (TPSA) is 48.4 Å². The van der Waals surface area contributed by atoms with Crippen LogP contribution in [-0.4, -0.2) is 12.7 Å². The summed E-state index contributed by atoms with van der Waals surface area (Å²) in [7, 11) is 1.70. The zero-order valence-electron chi connectivity index (χ0n) is 10.6. The van der Waals surface area contributed by atoms with Crippen molar-refractivity contribution in [3.63, 3.8) is 0 Å². The molecule has 3 nitrogen and oxygen atoms in total. The van der Waals surface area contributed by atoms with Crippen molar-refractivity contribution >= 4 is 11.0 Å². The smallest absolute Gasteiger partial charge is 0.134 e. The van der Waals surface area contributed by atoms with E-state index in [1.807, 2.05) is 44.2 Å². The third-order valence-corrected chi connectivity index (χ3v) is 3.07. The van der Waals surface area contributed by atoms with Gasteiger partial charge in [0, 0.05) is 12.5 Å². The Morgan fingerprint density at radius 3 is 2.71 bits per heavy atom. The fourth-order valence-corrected chi connectivity index (χ4v) is 1.90. The van der Waals surface area contributed by atoms with Crippen molar-refractivity contribution in [3.8, 4) is 0 Å². The first-order valence-corrected chi connectivity index (χ1v) is 5.81. The molecule has 0 aliphatic rings. The lowest BCUT2D eigenvalue weighted by Gasteiger charge is -2.25. The molecule has 0 aliphatic heterocycles. The summed E-state index contributed by atoms with van der Waals surface area (Å²) in [5.74, 6) is 0.816. The van der Waals surface area contributed by atoms with Gasteiger partial charge in [0.1, 0.15) is 11.3 Å². The van der Waals surface area contributed by atoms with E-state index in [0.717, 1.165) is 23.2 Å². The van der Waals surface area contributed by atoms with Gasteiger partial charge in [0.15, 0.2) is 0 Å². The Morgan fingerprint density at radius 2 is 2.06 bits per heavy atom. The van der Waals surface area contributed by atoms with Crippen molar-refractivity contribution in [3.05, 3.63) is 36.1 Å². The number of furan rings is 1. The molecule has 92 valence electrons. The van der Waals surface area contributed by atoms with E-state index in [9.17, 15) is 0 Å². The van der Waals surface area contributed by atoms with E-state index in [2.05, 4.69) is 0 Å². The minimum atomic E-state index is -0.238. The fraction of sp³-hybridized carbons (Fsp3) is 0.429. The minimum absolute atomic E-state index is 0.141. The largest absolute Gasteiger partial charge is 0.459 e. The summed E-state index contributed by atoms with van der Waals surface area (Å²) in [5.41, 5.74) is 6.79. The number of benzene rings is 1. The number of hydrogen-bond donors (Lipinski definition) is 1. The molecule has 17 heavy (non-hydrogen) atoms. The molecule has 3 heteroatoms. The second-order valence-corrected chi connectivity index (χ2v) is 4.96. The van der Waals surface area contributed by atoms with E-state index in [0.29, 0.717) is 0 Å². The van der Waals surface area contributed by atoms with Crippen molar-refractivity contribution in [1.82, 2.24) is 0 Å². The fourth-order valence-electron chi connectivity index (χ4n) is 1.90. The van der Waals surface area contributed by atoms with Crippen LogP contribution in [0, 0.1) is 0 Å². The predicted molar refractivity (Wildman–Crippen MR) is 68.8 cm³/mol. The molecule has 0 fully saturated rings. The Balaban J connectivity index is 2.22. The van der Waals surface area contributed by atoms with Crippen molar-refractivity contribution in [2.75, 3.05) is 7.11 Å². The highest BCUT2D eigenvalue weighted by molar-refractivity contribution is 5.77. The van der Waals surface area contributed by atoms with E-state index in [1.54, 1.807) is 7.11 Å². The maximum atomic E-state index is 6.15. The summed E-state index contributed by atoms with van der Waals surface area (Å²) in [5, 5.41) is 1.09. The van der Waals surface area contributed by atoms with Gasteiger partial charge in [-0.1, -0.05) is 18.2 Å². The zero-order valence-corrected chi connectivity index (χ0v) is 10.6. The van der Waals surface area contributed by atoms with E-state index < -0.39 is 0 Å². The molecule has 0 aliphatic carbocycles. The zero-order chi connectivity index (χ0) is 12.5. The van der Waals surface area contributed by atoms with E-state index in [1.165, 1.54) is 0 Å². The summed E-state index contributed by atoms with van der Waals surface area (Å²) >= 11 is 0. The highest BCUT2D eigenvalue weighted by Gasteiger charge is 2.23. The molecule has 2 aromatic rings. The lowest BCUT2D eigenvalue weighted by molar-refractivity contribution is 0.00854. The maximum Gasteiger partial charge on any atom is 0.134 e. The predicted octanol–water partition coefficient (Wildman–Crippen LogP) is 3.25. The molecular formula is C14H19NO2. The van der Waals surface area contributed by atoms with Crippen molar-refractivity contribution in [2.24, 2.45) is 5.73 Å². The molecular weight excluding hydrogens is 214 g/mol. The normalized spacial score (nSPS) is 14.1. The standard InChI is InChI=1S/C14H19NO2/c1-14(2,16-3)9-11(15)13-8-10-6-4-5-7-12(10)17-13/h4-8,11H,9,15H2,1-3H3.